The number of nitrogens with two attached hydrogens (primary N) is 1. The fraction of sp³-hybridized carbons (Fsp3) is 0.400. The number of aromatic nitrogens is 3. The van der Waals surface area contributed by atoms with E-state index in [9.17, 15) is 0 Å². The fourth-order valence-corrected chi connectivity index (χ4v) is 3.00. The summed E-state index contributed by atoms with van der Waals surface area (Å²) in [5.74, 6) is 1.46. The van der Waals surface area contributed by atoms with Gasteiger partial charge in [0.05, 0.1) is 6.04 Å². The molecule has 20 heavy (non-hydrogen) atoms. The van der Waals surface area contributed by atoms with Crippen LogP contribution in [0, 0.1) is 20.8 Å². The highest BCUT2D eigenvalue weighted by Crippen LogP contribution is 2.35. The Morgan fingerprint density at radius 3 is 2.70 bits per heavy atom. The van der Waals surface area contributed by atoms with Crippen LogP contribution in [0.2, 0.25) is 0 Å². The maximum absolute atomic E-state index is 5.67. The van der Waals surface area contributed by atoms with E-state index in [4.69, 9.17) is 5.73 Å². The van der Waals surface area contributed by atoms with Gasteiger partial charge in [-0.05, 0) is 50.3 Å². The van der Waals surface area contributed by atoms with Gasteiger partial charge in [-0.1, -0.05) is 17.7 Å². The molecular formula is C15H19N5. The van der Waals surface area contributed by atoms with Gasteiger partial charge in [0, 0.05) is 0 Å². The van der Waals surface area contributed by atoms with Crippen LogP contribution in [0.15, 0.2) is 12.1 Å². The monoisotopic (exact) mass is 269 g/mol. The molecule has 104 valence electrons. The van der Waals surface area contributed by atoms with Crippen molar-refractivity contribution in [3.8, 4) is 0 Å². The topological polar surface area (TPSA) is 76.7 Å². The predicted molar refractivity (Wildman–Crippen MR) is 79.6 cm³/mol. The minimum absolute atomic E-state index is 0.254. The maximum atomic E-state index is 5.67. The molecule has 0 aliphatic heterocycles. The van der Waals surface area contributed by atoms with Gasteiger partial charge in [0.1, 0.15) is 5.82 Å². The van der Waals surface area contributed by atoms with Crippen molar-refractivity contribution in [3.63, 3.8) is 0 Å². The van der Waals surface area contributed by atoms with Crippen molar-refractivity contribution in [3.05, 3.63) is 40.2 Å². The van der Waals surface area contributed by atoms with E-state index in [0.717, 1.165) is 12.8 Å². The third-order valence-electron chi connectivity index (χ3n) is 3.78. The first-order chi connectivity index (χ1) is 9.52. The summed E-state index contributed by atoms with van der Waals surface area (Å²) in [7, 11) is 0. The minimum atomic E-state index is 0.254. The molecule has 3 rings (SSSR count). The molecule has 1 aliphatic rings. The molecule has 1 heterocycles. The number of rotatable bonds is 2. The molecule has 0 bridgehead atoms. The lowest BCUT2D eigenvalue weighted by atomic mass is 10.00. The normalized spacial score (nSPS) is 17.1. The molecule has 5 nitrogen and oxygen atoms in total. The number of nitrogen functional groups attached to an aromatic ring is 1. The lowest BCUT2D eigenvalue weighted by molar-refractivity contribution is 0.747. The Morgan fingerprint density at radius 2 is 1.95 bits per heavy atom. The van der Waals surface area contributed by atoms with Gasteiger partial charge < -0.3 is 11.1 Å². The summed E-state index contributed by atoms with van der Waals surface area (Å²) in [6, 6.07) is 4.75. The first-order valence-electron chi connectivity index (χ1n) is 6.87. The summed E-state index contributed by atoms with van der Waals surface area (Å²) in [5, 5.41) is 3.39. The number of nitrogens with zero attached hydrogens (tertiary/aromatic N) is 3. The average Bonchev–Trinajstić information content (AvgIpc) is 2.71. The molecule has 0 spiro atoms. The molecule has 5 heteroatoms. The molecule has 1 aromatic heterocycles. The van der Waals surface area contributed by atoms with Crippen LogP contribution < -0.4 is 11.1 Å². The number of benzene rings is 1. The summed E-state index contributed by atoms with van der Waals surface area (Å²) >= 11 is 0. The molecule has 3 N–H and O–H groups in total. The van der Waals surface area contributed by atoms with Crippen molar-refractivity contribution in [2.45, 2.75) is 39.7 Å². The molecule has 2 aromatic rings. The average molecular weight is 269 g/mol. The van der Waals surface area contributed by atoms with Crippen molar-refractivity contribution in [2.24, 2.45) is 0 Å². The third-order valence-corrected chi connectivity index (χ3v) is 3.78. The second-order valence-electron chi connectivity index (χ2n) is 5.45. The number of aryl methyl sites for hydroxylation is 3. The Bertz CT molecular complexity index is 645. The maximum Gasteiger partial charge on any atom is 0.228 e. The van der Waals surface area contributed by atoms with Gasteiger partial charge in [-0.15, -0.1) is 0 Å². The smallest absolute Gasteiger partial charge is 0.228 e. The summed E-state index contributed by atoms with van der Waals surface area (Å²) in [4.78, 5) is 12.5. The molecule has 1 aliphatic carbocycles. The van der Waals surface area contributed by atoms with E-state index in [1.807, 2.05) is 6.92 Å². The van der Waals surface area contributed by atoms with E-state index >= 15 is 0 Å². The molecular weight excluding hydrogens is 250 g/mol. The minimum Gasteiger partial charge on any atom is -0.368 e. The first kappa shape index (κ1) is 12.8. The lowest BCUT2D eigenvalue weighted by Crippen LogP contribution is -2.12. The van der Waals surface area contributed by atoms with Crippen LogP contribution in [-0.4, -0.2) is 15.0 Å². The fourth-order valence-electron chi connectivity index (χ4n) is 3.00. The SMILES string of the molecule is Cc1cc(C)c2c(c1)[C@H](Nc1nc(C)nc(N)n1)CC2. The zero-order valence-electron chi connectivity index (χ0n) is 12.1. The predicted octanol–water partition coefficient (Wildman–Crippen LogP) is 2.48. The van der Waals surface area contributed by atoms with Gasteiger partial charge in [-0.25, -0.2) is 0 Å². The molecule has 0 saturated heterocycles. The summed E-state index contributed by atoms with van der Waals surface area (Å²) in [6.07, 6.45) is 2.16. The van der Waals surface area contributed by atoms with Crippen molar-refractivity contribution in [1.82, 2.24) is 15.0 Å². The first-order valence-corrected chi connectivity index (χ1v) is 6.87. The highest BCUT2D eigenvalue weighted by atomic mass is 15.2. The van der Waals surface area contributed by atoms with E-state index in [2.05, 4.69) is 46.2 Å². The van der Waals surface area contributed by atoms with E-state index < -0.39 is 0 Å². The van der Waals surface area contributed by atoms with Gasteiger partial charge in [0.25, 0.3) is 0 Å². The van der Waals surface area contributed by atoms with E-state index in [1.165, 1.54) is 22.3 Å². The third kappa shape index (κ3) is 2.31. The Morgan fingerprint density at radius 1 is 1.15 bits per heavy atom. The molecule has 0 radical (unpaired) electrons. The Kier molecular flexibility index (Phi) is 3.04. The molecule has 0 fully saturated rings. The van der Waals surface area contributed by atoms with E-state index in [-0.39, 0.29) is 12.0 Å². The number of nitrogens with one attached hydrogen (secondary N) is 1. The van der Waals surface area contributed by atoms with Gasteiger partial charge >= 0.3 is 0 Å². The van der Waals surface area contributed by atoms with Crippen molar-refractivity contribution in [1.29, 1.82) is 0 Å². The summed E-state index contributed by atoms with van der Waals surface area (Å²) < 4.78 is 0. The van der Waals surface area contributed by atoms with Gasteiger partial charge in [0.2, 0.25) is 11.9 Å². The van der Waals surface area contributed by atoms with Crippen LogP contribution in [0.5, 0.6) is 0 Å². The Labute approximate surface area is 118 Å². The zero-order chi connectivity index (χ0) is 14.3. The van der Waals surface area contributed by atoms with Gasteiger partial charge in [0.15, 0.2) is 0 Å². The van der Waals surface area contributed by atoms with Crippen LogP contribution in [-0.2, 0) is 6.42 Å². The van der Waals surface area contributed by atoms with Crippen LogP contribution in [0.3, 0.4) is 0 Å². The number of hydrogen-bond acceptors (Lipinski definition) is 5. The van der Waals surface area contributed by atoms with Crippen LogP contribution in [0.4, 0.5) is 11.9 Å². The van der Waals surface area contributed by atoms with Crippen LogP contribution in [0.25, 0.3) is 0 Å². The standard InChI is InChI=1S/C15H19N5/c1-8-6-9(2)11-4-5-13(12(11)7-8)19-15-18-10(3)17-14(16)20-15/h6-7,13H,4-5H2,1-3H3,(H3,16,17,18,19,20)/t13-/m1/s1. The Hall–Kier alpha value is -2.17. The van der Waals surface area contributed by atoms with Crippen molar-refractivity contribution < 1.29 is 0 Å². The summed E-state index contributed by atoms with van der Waals surface area (Å²) in [6.45, 7) is 6.13. The second kappa shape index (κ2) is 4.74. The Balaban J connectivity index is 1.92. The van der Waals surface area contributed by atoms with Crippen molar-refractivity contribution >= 4 is 11.9 Å². The quantitative estimate of drug-likeness (QED) is 0.875. The lowest BCUT2D eigenvalue weighted by Gasteiger charge is -2.15. The van der Waals surface area contributed by atoms with Gasteiger partial charge in [-0.3, -0.25) is 0 Å². The number of hydrogen-bond donors (Lipinski definition) is 2. The molecule has 1 atom stereocenters. The van der Waals surface area contributed by atoms with E-state index in [1.54, 1.807) is 0 Å². The van der Waals surface area contributed by atoms with Gasteiger partial charge in [-0.2, -0.15) is 15.0 Å². The molecule has 0 saturated carbocycles. The van der Waals surface area contributed by atoms with E-state index in [0.29, 0.717) is 11.8 Å². The highest BCUT2D eigenvalue weighted by Gasteiger charge is 2.24. The highest BCUT2D eigenvalue weighted by molar-refractivity contribution is 5.47. The van der Waals surface area contributed by atoms with Crippen LogP contribution in [0.1, 0.15) is 40.5 Å². The molecule has 0 unspecified atom stereocenters. The molecule has 1 aromatic carbocycles. The number of fused-ring (bicyclic) bond motifs is 1. The second-order valence-corrected chi connectivity index (χ2v) is 5.45. The molecule has 0 amide bonds. The van der Waals surface area contributed by atoms with Crippen molar-refractivity contribution in [2.75, 3.05) is 11.1 Å². The summed E-state index contributed by atoms with van der Waals surface area (Å²) in [5.41, 5.74) is 11.1. The largest absolute Gasteiger partial charge is 0.368 e. The zero-order valence-corrected chi connectivity index (χ0v) is 12.1. The number of anilines is 2. The van der Waals surface area contributed by atoms with Crippen LogP contribution >= 0.6 is 0 Å².